The zero-order chi connectivity index (χ0) is 9.85. The second-order valence-corrected chi connectivity index (χ2v) is 5.38. The maximum atomic E-state index is 10.1. The van der Waals surface area contributed by atoms with Crippen LogP contribution in [0.3, 0.4) is 0 Å². The predicted octanol–water partition coefficient (Wildman–Crippen LogP) is 1.15. The summed E-state index contributed by atoms with van der Waals surface area (Å²) in [6.45, 7) is 6.53. The summed E-state index contributed by atoms with van der Waals surface area (Å²) in [6.07, 6.45) is 1.77. The Morgan fingerprint density at radius 2 is 1.92 bits per heavy atom. The highest BCUT2D eigenvalue weighted by Crippen LogP contribution is 2.65. The molecule has 0 aromatic heterocycles. The molecule has 2 fully saturated rings. The van der Waals surface area contributed by atoms with E-state index in [9.17, 15) is 5.11 Å². The molecule has 3 nitrogen and oxygen atoms in total. The molecule has 2 unspecified atom stereocenters. The lowest BCUT2D eigenvalue weighted by Gasteiger charge is -2.36. The molecule has 2 bridgehead atoms. The van der Waals surface area contributed by atoms with Gasteiger partial charge in [-0.25, -0.2) is 0 Å². The van der Waals surface area contributed by atoms with Crippen LogP contribution in [0.25, 0.3) is 0 Å². The summed E-state index contributed by atoms with van der Waals surface area (Å²) in [7, 11) is 0. The first-order valence-corrected chi connectivity index (χ1v) is 5.03. The van der Waals surface area contributed by atoms with E-state index in [-0.39, 0.29) is 16.9 Å². The van der Waals surface area contributed by atoms with Crippen molar-refractivity contribution in [3.63, 3.8) is 0 Å². The molecule has 2 aliphatic rings. The normalized spacial score (nSPS) is 52.8. The number of hydrogen-bond acceptors (Lipinski definition) is 3. The van der Waals surface area contributed by atoms with Crippen LogP contribution >= 0.6 is 0 Å². The molecule has 0 amide bonds. The Balaban J connectivity index is 2.39. The Morgan fingerprint density at radius 1 is 1.31 bits per heavy atom. The van der Waals surface area contributed by atoms with Crippen LogP contribution in [0.15, 0.2) is 0 Å². The monoisotopic (exact) mass is 185 g/mol. The summed E-state index contributed by atoms with van der Waals surface area (Å²) in [4.78, 5) is 0. The van der Waals surface area contributed by atoms with Gasteiger partial charge in [-0.3, -0.25) is 0 Å². The van der Waals surface area contributed by atoms with Gasteiger partial charge < -0.3 is 10.3 Å². The van der Waals surface area contributed by atoms with Crippen molar-refractivity contribution in [1.29, 1.82) is 0 Å². The molecule has 0 radical (unpaired) electrons. The zero-order valence-corrected chi connectivity index (χ0v) is 8.54. The maximum absolute atomic E-state index is 10.1. The minimum atomic E-state index is -0.411. The molecule has 2 rings (SSSR count). The van der Waals surface area contributed by atoms with Gasteiger partial charge in [-0.1, -0.05) is 20.8 Å². The van der Waals surface area contributed by atoms with Crippen LogP contribution in [0.2, 0.25) is 0 Å². The minimum absolute atomic E-state index is 0.0297. The zero-order valence-electron chi connectivity index (χ0n) is 8.54. The van der Waals surface area contributed by atoms with Crippen LogP contribution in [0, 0.1) is 16.7 Å². The van der Waals surface area contributed by atoms with Crippen molar-refractivity contribution in [2.24, 2.45) is 16.7 Å². The van der Waals surface area contributed by atoms with E-state index in [1.165, 1.54) is 0 Å². The number of hydrogen-bond donors (Lipinski definition) is 3. The summed E-state index contributed by atoms with van der Waals surface area (Å²) >= 11 is 0. The molecule has 76 valence electrons. The van der Waals surface area contributed by atoms with Crippen LogP contribution in [-0.4, -0.2) is 22.5 Å². The van der Waals surface area contributed by atoms with Crippen LogP contribution in [-0.2, 0) is 0 Å². The van der Waals surface area contributed by atoms with Crippen molar-refractivity contribution in [2.45, 2.75) is 45.8 Å². The van der Waals surface area contributed by atoms with Gasteiger partial charge in [0.2, 0.25) is 0 Å². The van der Waals surface area contributed by atoms with Crippen LogP contribution in [0.1, 0.15) is 33.6 Å². The SMILES string of the molecule is CC1(C)[C@H]2CC[C@]1(C)C(O)C2NO. The highest BCUT2D eigenvalue weighted by molar-refractivity contribution is 5.16. The van der Waals surface area contributed by atoms with Crippen LogP contribution < -0.4 is 5.48 Å². The van der Waals surface area contributed by atoms with Gasteiger partial charge in [0.1, 0.15) is 0 Å². The molecular formula is C10H19NO2. The largest absolute Gasteiger partial charge is 0.391 e. The third kappa shape index (κ3) is 0.853. The predicted molar refractivity (Wildman–Crippen MR) is 49.3 cm³/mol. The number of aliphatic hydroxyl groups is 1. The lowest BCUT2D eigenvalue weighted by molar-refractivity contribution is -0.0284. The fourth-order valence-corrected chi connectivity index (χ4v) is 3.50. The van der Waals surface area contributed by atoms with Crippen molar-refractivity contribution in [3.05, 3.63) is 0 Å². The van der Waals surface area contributed by atoms with E-state index in [4.69, 9.17) is 5.21 Å². The van der Waals surface area contributed by atoms with Gasteiger partial charge in [0, 0.05) is 5.41 Å². The molecule has 0 aliphatic heterocycles. The molecule has 3 heteroatoms. The highest BCUT2D eigenvalue weighted by Gasteiger charge is 2.65. The van der Waals surface area contributed by atoms with E-state index in [0.717, 1.165) is 12.8 Å². The van der Waals surface area contributed by atoms with E-state index in [1.807, 2.05) is 0 Å². The van der Waals surface area contributed by atoms with Gasteiger partial charge in [-0.2, -0.15) is 5.48 Å². The Bertz CT molecular complexity index is 229. The lowest BCUT2D eigenvalue weighted by Crippen LogP contribution is -2.45. The first-order valence-electron chi connectivity index (χ1n) is 5.03. The van der Waals surface area contributed by atoms with Crippen LogP contribution in [0.4, 0.5) is 0 Å². The number of nitrogens with one attached hydrogen (secondary N) is 1. The first-order chi connectivity index (χ1) is 5.95. The molecule has 0 aromatic carbocycles. The first kappa shape index (κ1) is 9.44. The molecule has 4 atom stereocenters. The summed E-state index contributed by atoms with van der Waals surface area (Å²) in [5, 5.41) is 19.0. The smallest absolute Gasteiger partial charge is 0.0777 e. The second-order valence-electron chi connectivity index (χ2n) is 5.38. The summed E-state index contributed by atoms with van der Waals surface area (Å²) in [5.74, 6) is 0.400. The average molecular weight is 185 g/mol. The maximum Gasteiger partial charge on any atom is 0.0777 e. The summed E-state index contributed by atoms with van der Waals surface area (Å²) in [6, 6.07) is -0.131. The van der Waals surface area contributed by atoms with Gasteiger partial charge >= 0.3 is 0 Å². The van der Waals surface area contributed by atoms with Gasteiger partial charge in [-0.15, -0.1) is 0 Å². The number of hydroxylamine groups is 1. The Morgan fingerprint density at radius 3 is 2.23 bits per heavy atom. The number of fused-ring (bicyclic) bond motifs is 2. The molecule has 0 heterocycles. The minimum Gasteiger partial charge on any atom is -0.391 e. The quantitative estimate of drug-likeness (QED) is 0.537. The molecule has 0 spiro atoms. The third-order valence-electron chi connectivity index (χ3n) is 4.95. The Hall–Kier alpha value is -0.120. The average Bonchev–Trinajstić information content (AvgIpc) is 2.36. The van der Waals surface area contributed by atoms with E-state index in [2.05, 4.69) is 26.3 Å². The number of rotatable bonds is 1. The van der Waals surface area contributed by atoms with E-state index < -0.39 is 6.10 Å². The molecule has 0 aromatic rings. The molecular weight excluding hydrogens is 166 g/mol. The highest BCUT2D eigenvalue weighted by atomic mass is 16.5. The van der Waals surface area contributed by atoms with Crippen molar-refractivity contribution < 1.29 is 10.3 Å². The summed E-state index contributed by atoms with van der Waals surface area (Å²) in [5.41, 5.74) is 2.38. The summed E-state index contributed by atoms with van der Waals surface area (Å²) < 4.78 is 0. The lowest BCUT2D eigenvalue weighted by atomic mass is 9.70. The molecule has 2 saturated carbocycles. The fourth-order valence-electron chi connectivity index (χ4n) is 3.50. The van der Waals surface area contributed by atoms with Crippen molar-refractivity contribution in [2.75, 3.05) is 0 Å². The standard InChI is InChI=1S/C10H19NO2/c1-9(2)6-4-5-10(9,3)8(12)7(6)11-13/h6-8,11-13H,4-5H2,1-3H3/t6-,7?,8?,10+/m0/s1. The Kier molecular flexibility index (Phi) is 1.79. The molecule has 3 N–H and O–H groups in total. The van der Waals surface area contributed by atoms with Crippen molar-refractivity contribution >= 4 is 0 Å². The number of aliphatic hydroxyl groups excluding tert-OH is 1. The topological polar surface area (TPSA) is 52.5 Å². The molecule has 2 aliphatic carbocycles. The van der Waals surface area contributed by atoms with E-state index in [1.54, 1.807) is 0 Å². The van der Waals surface area contributed by atoms with Gasteiger partial charge in [0.25, 0.3) is 0 Å². The van der Waals surface area contributed by atoms with Crippen molar-refractivity contribution in [1.82, 2.24) is 5.48 Å². The fraction of sp³-hybridized carbons (Fsp3) is 1.00. The van der Waals surface area contributed by atoms with E-state index in [0.29, 0.717) is 5.92 Å². The van der Waals surface area contributed by atoms with Gasteiger partial charge in [0.05, 0.1) is 12.1 Å². The molecule has 0 saturated heterocycles. The second kappa shape index (κ2) is 2.47. The Labute approximate surface area is 79.1 Å². The van der Waals surface area contributed by atoms with Crippen LogP contribution in [0.5, 0.6) is 0 Å². The molecule has 13 heavy (non-hydrogen) atoms. The van der Waals surface area contributed by atoms with E-state index >= 15 is 0 Å². The van der Waals surface area contributed by atoms with Crippen molar-refractivity contribution in [3.8, 4) is 0 Å². The third-order valence-corrected chi connectivity index (χ3v) is 4.95. The van der Waals surface area contributed by atoms with Gasteiger partial charge in [-0.05, 0) is 24.2 Å². The van der Waals surface area contributed by atoms with Gasteiger partial charge in [0.15, 0.2) is 0 Å².